The number of unbranched alkanes of at least 4 members (excludes halogenated alkanes) is 1. The highest BCUT2D eigenvalue weighted by atomic mass is 79.9. The van der Waals surface area contributed by atoms with E-state index in [9.17, 15) is 8.42 Å². The molecule has 19 heavy (non-hydrogen) atoms. The van der Waals surface area contributed by atoms with Crippen molar-refractivity contribution in [3.8, 4) is 0 Å². The normalized spacial score (nSPS) is 11.7. The number of ether oxygens (including phenoxy) is 1. The van der Waals surface area contributed by atoms with Gasteiger partial charge in [0.2, 0.25) is 10.0 Å². The summed E-state index contributed by atoms with van der Waals surface area (Å²) in [6, 6.07) is 5.20. The molecule has 0 heterocycles. The van der Waals surface area contributed by atoms with Crippen molar-refractivity contribution in [3.63, 3.8) is 0 Å². The van der Waals surface area contributed by atoms with Crippen molar-refractivity contribution in [2.45, 2.75) is 31.6 Å². The van der Waals surface area contributed by atoms with Crippen molar-refractivity contribution < 1.29 is 13.2 Å². The number of hydrogen-bond donors (Lipinski definition) is 1. The molecule has 0 radical (unpaired) electrons. The monoisotopic (exact) mass is 349 g/mol. The van der Waals surface area contributed by atoms with Gasteiger partial charge in [-0.05, 0) is 31.0 Å². The maximum atomic E-state index is 12.1. The minimum absolute atomic E-state index is 0.290. The first-order valence-corrected chi connectivity index (χ1v) is 8.58. The standard InChI is InChI=1S/C13H20BrNO3S/c1-3-4-8-18-9-7-15-19(16,17)13-10-12(14)6-5-11(13)2/h5-6,10,15H,3-4,7-9H2,1-2H3. The second-order valence-electron chi connectivity index (χ2n) is 4.27. The molecule has 1 rings (SSSR count). The largest absolute Gasteiger partial charge is 0.380 e. The summed E-state index contributed by atoms with van der Waals surface area (Å²) in [6.07, 6.45) is 2.07. The fourth-order valence-corrected chi connectivity index (χ4v) is 3.33. The van der Waals surface area contributed by atoms with Crippen molar-refractivity contribution >= 4 is 26.0 Å². The lowest BCUT2D eigenvalue weighted by Crippen LogP contribution is -2.28. The Hall–Kier alpha value is -0.430. The van der Waals surface area contributed by atoms with Crippen molar-refractivity contribution in [1.82, 2.24) is 4.72 Å². The van der Waals surface area contributed by atoms with Crippen LogP contribution < -0.4 is 4.72 Å². The maximum absolute atomic E-state index is 12.1. The SMILES string of the molecule is CCCCOCCNS(=O)(=O)c1cc(Br)ccc1C. The molecular weight excluding hydrogens is 330 g/mol. The van der Waals surface area contributed by atoms with E-state index in [0.29, 0.717) is 18.1 Å². The van der Waals surface area contributed by atoms with Crippen LogP contribution in [0.4, 0.5) is 0 Å². The molecule has 0 spiro atoms. The van der Waals surface area contributed by atoms with Crippen molar-refractivity contribution in [3.05, 3.63) is 28.2 Å². The summed E-state index contributed by atoms with van der Waals surface area (Å²) >= 11 is 3.28. The maximum Gasteiger partial charge on any atom is 0.240 e. The van der Waals surface area contributed by atoms with Gasteiger partial charge in [0.25, 0.3) is 0 Å². The van der Waals surface area contributed by atoms with E-state index in [0.717, 1.165) is 22.9 Å². The first kappa shape index (κ1) is 16.6. The van der Waals surface area contributed by atoms with Crippen LogP contribution >= 0.6 is 15.9 Å². The highest BCUT2D eigenvalue weighted by Gasteiger charge is 2.16. The number of rotatable bonds is 8. The van der Waals surface area contributed by atoms with Gasteiger partial charge in [0.15, 0.2) is 0 Å². The molecule has 108 valence electrons. The Kier molecular flexibility index (Phi) is 6.99. The average Bonchev–Trinajstić information content (AvgIpc) is 2.36. The first-order chi connectivity index (χ1) is 8.97. The van der Waals surface area contributed by atoms with Crippen LogP contribution in [-0.4, -0.2) is 28.2 Å². The molecule has 1 aromatic rings. The second-order valence-corrected chi connectivity index (χ2v) is 6.92. The second kappa shape index (κ2) is 7.99. The van der Waals surface area contributed by atoms with Gasteiger partial charge in [-0.3, -0.25) is 0 Å². The molecule has 0 aromatic heterocycles. The van der Waals surface area contributed by atoms with E-state index < -0.39 is 10.0 Å². The Bertz CT molecular complexity index is 503. The molecule has 1 N–H and O–H groups in total. The van der Waals surface area contributed by atoms with Gasteiger partial charge in [-0.15, -0.1) is 0 Å². The Balaban J connectivity index is 2.54. The highest BCUT2D eigenvalue weighted by molar-refractivity contribution is 9.10. The summed E-state index contributed by atoms with van der Waals surface area (Å²) in [5.74, 6) is 0. The van der Waals surface area contributed by atoms with Crippen LogP contribution in [0.2, 0.25) is 0 Å². The molecule has 0 aliphatic heterocycles. The van der Waals surface area contributed by atoms with E-state index >= 15 is 0 Å². The zero-order chi connectivity index (χ0) is 14.3. The molecule has 0 unspecified atom stereocenters. The summed E-state index contributed by atoms with van der Waals surface area (Å²) in [5, 5.41) is 0. The molecule has 0 aliphatic rings. The van der Waals surface area contributed by atoms with Gasteiger partial charge >= 0.3 is 0 Å². The van der Waals surface area contributed by atoms with E-state index in [1.165, 1.54) is 0 Å². The third kappa shape index (κ3) is 5.60. The van der Waals surface area contributed by atoms with Crippen molar-refractivity contribution in [2.24, 2.45) is 0 Å². The molecule has 0 amide bonds. The molecule has 0 atom stereocenters. The number of sulfonamides is 1. The predicted octanol–water partition coefficient (Wildman–Crippen LogP) is 2.85. The molecular formula is C13H20BrNO3S. The first-order valence-electron chi connectivity index (χ1n) is 6.31. The number of hydrogen-bond acceptors (Lipinski definition) is 3. The molecule has 0 aliphatic carbocycles. The molecule has 6 heteroatoms. The lowest BCUT2D eigenvalue weighted by Gasteiger charge is -2.10. The quantitative estimate of drug-likeness (QED) is 0.734. The summed E-state index contributed by atoms with van der Waals surface area (Å²) in [5.41, 5.74) is 0.725. The van der Waals surface area contributed by atoms with Crippen LogP contribution in [-0.2, 0) is 14.8 Å². The summed E-state index contributed by atoms with van der Waals surface area (Å²) in [4.78, 5) is 0.301. The molecule has 0 saturated carbocycles. The van der Waals surface area contributed by atoms with Crippen LogP contribution in [0.15, 0.2) is 27.6 Å². The van der Waals surface area contributed by atoms with E-state index in [1.807, 2.05) is 6.07 Å². The number of nitrogens with one attached hydrogen (secondary N) is 1. The highest BCUT2D eigenvalue weighted by Crippen LogP contribution is 2.20. The number of halogens is 1. The molecule has 0 bridgehead atoms. The zero-order valence-electron chi connectivity index (χ0n) is 11.3. The van der Waals surface area contributed by atoms with E-state index in [2.05, 4.69) is 27.6 Å². The van der Waals surface area contributed by atoms with Gasteiger partial charge in [-0.2, -0.15) is 0 Å². The van der Waals surface area contributed by atoms with Crippen molar-refractivity contribution in [1.29, 1.82) is 0 Å². The molecule has 0 fully saturated rings. The van der Waals surface area contributed by atoms with Gasteiger partial charge < -0.3 is 4.74 Å². The Morgan fingerprint density at radius 3 is 2.74 bits per heavy atom. The van der Waals surface area contributed by atoms with Crippen LogP contribution in [0, 0.1) is 6.92 Å². The fourth-order valence-electron chi connectivity index (χ4n) is 1.54. The van der Waals surface area contributed by atoms with Gasteiger partial charge in [0.1, 0.15) is 0 Å². The summed E-state index contributed by atoms with van der Waals surface area (Å²) in [6.45, 7) is 5.22. The van der Waals surface area contributed by atoms with E-state index in [1.54, 1.807) is 19.1 Å². The smallest absolute Gasteiger partial charge is 0.240 e. The summed E-state index contributed by atoms with van der Waals surface area (Å²) in [7, 11) is -3.47. The van der Waals surface area contributed by atoms with Gasteiger partial charge in [0.05, 0.1) is 11.5 Å². The van der Waals surface area contributed by atoms with Gasteiger partial charge in [-0.25, -0.2) is 13.1 Å². The fraction of sp³-hybridized carbons (Fsp3) is 0.538. The Morgan fingerprint density at radius 1 is 1.32 bits per heavy atom. The third-order valence-corrected chi connectivity index (χ3v) is 4.72. The average molecular weight is 350 g/mol. The number of benzene rings is 1. The predicted molar refractivity (Wildman–Crippen MR) is 79.8 cm³/mol. The molecule has 4 nitrogen and oxygen atoms in total. The van der Waals surface area contributed by atoms with Gasteiger partial charge in [0, 0.05) is 17.6 Å². The molecule has 0 saturated heterocycles. The Labute approximate surface area is 123 Å². The van der Waals surface area contributed by atoms with E-state index in [-0.39, 0.29) is 6.54 Å². The van der Waals surface area contributed by atoms with Crippen molar-refractivity contribution in [2.75, 3.05) is 19.8 Å². The third-order valence-electron chi connectivity index (χ3n) is 2.62. The van der Waals surface area contributed by atoms with E-state index in [4.69, 9.17) is 4.74 Å². The minimum Gasteiger partial charge on any atom is -0.380 e. The Morgan fingerprint density at radius 2 is 2.05 bits per heavy atom. The van der Waals surface area contributed by atoms with Gasteiger partial charge in [-0.1, -0.05) is 35.3 Å². The summed E-state index contributed by atoms with van der Waals surface area (Å²) < 4.78 is 32.8. The lowest BCUT2D eigenvalue weighted by molar-refractivity contribution is 0.136. The van der Waals surface area contributed by atoms with Crippen LogP contribution in [0.1, 0.15) is 25.3 Å². The number of aryl methyl sites for hydroxylation is 1. The molecule has 1 aromatic carbocycles. The lowest BCUT2D eigenvalue weighted by atomic mass is 10.2. The zero-order valence-corrected chi connectivity index (χ0v) is 13.7. The van der Waals surface area contributed by atoms with Crippen LogP contribution in [0.3, 0.4) is 0 Å². The minimum atomic E-state index is -3.47. The van der Waals surface area contributed by atoms with Crippen LogP contribution in [0.25, 0.3) is 0 Å². The van der Waals surface area contributed by atoms with Crippen LogP contribution in [0.5, 0.6) is 0 Å². The topological polar surface area (TPSA) is 55.4 Å².